The zero-order chi connectivity index (χ0) is 13.0. The second-order valence-corrected chi connectivity index (χ2v) is 6.55. The fourth-order valence-corrected chi connectivity index (χ4v) is 3.08. The fourth-order valence-electron chi connectivity index (χ4n) is 1.81. The van der Waals surface area contributed by atoms with Gasteiger partial charge in [0.25, 0.3) is 0 Å². The summed E-state index contributed by atoms with van der Waals surface area (Å²) in [7, 11) is -2.91. The van der Waals surface area contributed by atoms with E-state index in [9.17, 15) is 8.42 Å². The van der Waals surface area contributed by atoms with E-state index in [1.54, 1.807) is 0 Å². The lowest BCUT2D eigenvalue weighted by Gasteiger charge is -2.15. The summed E-state index contributed by atoms with van der Waals surface area (Å²) >= 11 is 0. The van der Waals surface area contributed by atoms with Gasteiger partial charge in [0.05, 0.1) is 18.1 Å². The van der Waals surface area contributed by atoms with Crippen LogP contribution in [0.3, 0.4) is 0 Å². The molecule has 7 nitrogen and oxygen atoms in total. The van der Waals surface area contributed by atoms with E-state index in [1.165, 1.54) is 0 Å². The molecule has 2 rings (SSSR count). The number of aromatic nitrogens is 2. The van der Waals surface area contributed by atoms with Crippen LogP contribution < -0.4 is 10.2 Å². The van der Waals surface area contributed by atoms with Crippen molar-refractivity contribution in [1.82, 2.24) is 15.5 Å². The second-order valence-electron chi connectivity index (χ2n) is 4.25. The molecule has 0 aliphatic carbocycles. The smallest absolute Gasteiger partial charge is 0.318 e. The van der Waals surface area contributed by atoms with Crippen molar-refractivity contribution in [2.24, 2.45) is 0 Å². The molecule has 0 amide bonds. The van der Waals surface area contributed by atoms with Gasteiger partial charge in [-0.15, -0.1) is 5.10 Å². The van der Waals surface area contributed by atoms with Crippen molar-refractivity contribution >= 4 is 15.9 Å². The van der Waals surface area contributed by atoms with Crippen molar-refractivity contribution in [3.05, 3.63) is 5.89 Å². The summed E-state index contributed by atoms with van der Waals surface area (Å²) in [4.78, 5) is 1.84. The first-order valence-electron chi connectivity index (χ1n) is 6.09. The van der Waals surface area contributed by atoms with E-state index in [-0.39, 0.29) is 11.5 Å². The van der Waals surface area contributed by atoms with E-state index in [0.717, 1.165) is 6.54 Å². The molecule has 1 saturated heterocycles. The zero-order valence-electron chi connectivity index (χ0n) is 10.4. The van der Waals surface area contributed by atoms with Crippen LogP contribution >= 0.6 is 0 Å². The lowest BCUT2D eigenvalue weighted by molar-refractivity contribution is 0.465. The van der Waals surface area contributed by atoms with Gasteiger partial charge >= 0.3 is 6.01 Å². The molecule has 1 aliphatic rings. The van der Waals surface area contributed by atoms with Crippen LogP contribution in [0.5, 0.6) is 0 Å². The average Bonchev–Trinajstić information content (AvgIpc) is 2.72. The summed E-state index contributed by atoms with van der Waals surface area (Å²) in [6.45, 7) is 4.43. The summed E-state index contributed by atoms with van der Waals surface area (Å²) in [5.74, 6) is 0.916. The Labute approximate surface area is 106 Å². The highest BCUT2D eigenvalue weighted by molar-refractivity contribution is 7.91. The Bertz CT molecular complexity index is 485. The van der Waals surface area contributed by atoms with Gasteiger partial charge in [-0.25, -0.2) is 8.42 Å². The molecule has 1 fully saturated rings. The number of rotatable bonds is 4. The molecule has 0 saturated carbocycles. The highest BCUT2D eigenvalue weighted by Crippen LogP contribution is 2.15. The third-order valence-corrected chi connectivity index (χ3v) is 4.52. The van der Waals surface area contributed by atoms with Crippen molar-refractivity contribution in [1.29, 1.82) is 0 Å². The van der Waals surface area contributed by atoms with E-state index >= 15 is 0 Å². The maximum absolute atomic E-state index is 11.5. The molecule has 0 atom stereocenters. The molecule has 1 aliphatic heterocycles. The monoisotopic (exact) mass is 274 g/mol. The van der Waals surface area contributed by atoms with Crippen LogP contribution in [0, 0.1) is 0 Å². The highest BCUT2D eigenvalue weighted by atomic mass is 32.2. The fraction of sp³-hybridized carbons (Fsp3) is 0.800. The highest BCUT2D eigenvalue weighted by Gasteiger charge is 2.22. The molecule has 102 valence electrons. The molecule has 8 heteroatoms. The maximum atomic E-state index is 11.5. The van der Waals surface area contributed by atoms with Crippen LogP contribution in [0.25, 0.3) is 0 Å². The average molecular weight is 274 g/mol. The predicted molar refractivity (Wildman–Crippen MR) is 67.2 cm³/mol. The van der Waals surface area contributed by atoms with Gasteiger partial charge in [-0.3, -0.25) is 0 Å². The van der Waals surface area contributed by atoms with Gasteiger partial charge < -0.3 is 14.6 Å². The van der Waals surface area contributed by atoms with E-state index in [4.69, 9.17) is 4.42 Å². The lowest BCUT2D eigenvalue weighted by Crippen LogP contribution is -2.27. The van der Waals surface area contributed by atoms with E-state index in [0.29, 0.717) is 38.0 Å². The van der Waals surface area contributed by atoms with Crippen molar-refractivity contribution in [3.63, 3.8) is 0 Å². The summed E-state index contributed by atoms with van der Waals surface area (Å²) in [5.41, 5.74) is 0. The molecule has 0 radical (unpaired) electrons. The molecule has 1 aromatic heterocycles. The molecule has 0 unspecified atom stereocenters. The predicted octanol–water partition coefficient (Wildman–Crippen LogP) is -0.196. The van der Waals surface area contributed by atoms with Crippen LogP contribution in [-0.2, 0) is 16.4 Å². The molecule has 1 N–H and O–H groups in total. The third kappa shape index (κ3) is 3.42. The topological polar surface area (TPSA) is 88.3 Å². The lowest BCUT2D eigenvalue weighted by atomic mass is 10.4. The number of nitrogens with zero attached hydrogens (tertiary/aromatic N) is 3. The first-order chi connectivity index (χ1) is 8.61. The molecular formula is C10H18N4O3S. The molecule has 2 heterocycles. The minimum absolute atomic E-state index is 0.151. The van der Waals surface area contributed by atoms with Crippen LogP contribution in [0.15, 0.2) is 4.42 Å². The summed E-state index contributed by atoms with van der Waals surface area (Å²) in [6.07, 6.45) is 0.604. The summed E-state index contributed by atoms with van der Waals surface area (Å²) in [5, 5.41) is 11.0. The maximum Gasteiger partial charge on any atom is 0.318 e. The summed E-state index contributed by atoms with van der Waals surface area (Å²) < 4.78 is 28.5. The quantitative estimate of drug-likeness (QED) is 0.813. The largest absolute Gasteiger partial charge is 0.407 e. The number of nitrogens with one attached hydrogen (secondary N) is 1. The first-order valence-corrected chi connectivity index (χ1v) is 7.91. The SMILES string of the molecule is CCNCc1nnc(N2CCCS(=O)(=O)CC2)o1. The van der Waals surface area contributed by atoms with Gasteiger partial charge in [-0.2, -0.15) is 0 Å². The van der Waals surface area contributed by atoms with E-state index < -0.39 is 9.84 Å². The van der Waals surface area contributed by atoms with Gasteiger partial charge in [0.1, 0.15) is 0 Å². The molecular weight excluding hydrogens is 256 g/mol. The van der Waals surface area contributed by atoms with E-state index in [2.05, 4.69) is 15.5 Å². The first kappa shape index (κ1) is 13.3. The zero-order valence-corrected chi connectivity index (χ0v) is 11.2. The van der Waals surface area contributed by atoms with Crippen molar-refractivity contribution in [3.8, 4) is 0 Å². The molecule has 0 aromatic carbocycles. The van der Waals surface area contributed by atoms with Crippen molar-refractivity contribution in [2.75, 3.05) is 36.0 Å². The number of hydrogen-bond donors (Lipinski definition) is 1. The van der Waals surface area contributed by atoms with Crippen molar-refractivity contribution < 1.29 is 12.8 Å². The van der Waals surface area contributed by atoms with Gasteiger partial charge in [-0.05, 0) is 13.0 Å². The van der Waals surface area contributed by atoms with E-state index in [1.807, 2.05) is 11.8 Å². The van der Waals surface area contributed by atoms with Crippen LogP contribution in [0.4, 0.5) is 6.01 Å². The Morgan fingerprint density at radius 1 is 1.33 bits per heavy atom. The second kappa shape index (κ2) is 5.66. The molecule has 1 aromatic rings. The van der Waals surface area contributed by atoms with Gasteiger partial charge in [-0.1, -0.05) is 12.0 Å². The number of hydrogen-bond acceptors (Lipinski definition) is 7. The summed E-state index contributed by atoms with van der Waals surface area (Å²) in [6, 6.07) is 0.417. The minimum atomic E-state index is -2.91. The Kier molecular flexibility index (Phi) is 4.18. The normalized spacial score (nSPS) is 19.7. The van der Waals surface area contributed by atoms with Crippen LogP contribution in [-0.4, -0.2) is 49.8 Å². The Balaban J connectivity index is 2.00. The molecule has 0 bridgehead atoms. The minimum Gasteiger partial charge on any atom is -0.407 e. The standard InChI is InChI=1S/C10H18N4O3S/c1-2-11-8-9-12-13-10(17-9)14-4-3-6-18(15,16)7-5-14/h11H,2-8H2,1H3. The van der Waals surface area contributed by atoms with Crippen LogP contribution in [0.2, 0.25) is 0 Å². The molecule has 0 spiro atoms. The number of sulfone groups is 1. The van der Waals surface area contributed by atoms with Gasteiger partial charge in [0.2, 0.25) is 5.89 Å². The van der Waals surface area contributed by atoms with Crippen LogP contribution in [0.1, 0.15) is 19.2 Å². The van der Waals surface area contributed by atoms with Gasteiger partial charge in [0, 0.05) is 13.1 Å². The molecule has 18 heavy (non-hydrogen) atoms. The van der Waals surface area contributed by atoms with Crippen molar-refractivity contribution in [2.45, 2.75) is 19.9 Å². The number of anilines is 1. The third-order valence-electron chi connectivity index (χ3n) is 2.81. The Morgan fingerprint density at radius 2 is 2.17 bits per heavy atom. The Hall–Kier alpha value is -1.15. The Morgan fingerprint density at radius 3 is 2.94 bits per heavy atom. The van der Waals surface area contributed by atoms with Gasteiger partial charge in [0.15, 0.2) is 9.84 Å².